The lowest BCUT2D eigenvalue weighted by atomic mass is 10.0. The van der Waals surface area contributed by atoms with Gasteiger partial charge in [-0.1, -0.05) is 121 Å². The number of benzene rings is 3. The van der Waals surface area contributed by atoms with Crippen LogP contribution in [0.5, 0.6) is 11.5 Å². The Balaban J connectivity index is 1.53. The highest BCUT2D eigenvalue weighted by atomic mass is 16.6. The molecule has 0 saturated heterocycles. The van der Waals surface area contributed by atoms with Crippen LogP contribution >= 0.6 is 0 Å². The van der Waals surface area contributed by atoms with Gasteiger partial charge in [-0.3, -0.25) is 10.6 Å². The number of ether oxygens (including phenoxy) is 2. The van der Waals surface area contributed by atoms with Crippen LogP contribution in [0.4, 0.5) is 21.0 Å². The first-order valence-electron chi connectivity index (χ1n) is 16.2. The number of aryl methyl sites for hydroxylation is 3. The molecule has 0 radical (unpaired) electrons. The van der Waals surface area contributed by atoms with Gasteiger partial charge in [-0.2, -0.15) is 0 Å². The highest BCUT2D eigenvalue weighted by Gasteiger charge is 2.13. The zero-order valence-electron chi connectivity index (χ0n) is 26.4. The highest BCUT2D eigenvalue weighted by molar-refractivity contribution is 5.91. The van der Waals surface area contributed by atoms with Gasteiger partial charge >= 0.3 is 12.2 Å². The molecule has 0 spiro atoms. The molecule has 0 unspecified atom stereocenters. The van der Waals surface area contributed by atoms with Crippen molar-refractivity contribution in [2.45, 2.75) is 111 Å². The molecule has 0 bridgehead atoms. The molecule has 0 heterocycles. The Morgan fingerprint density at radius 1 is 0.581 bits per heavy atom. The number of nitrogens with one attached hydrogen (secondary N) is 2. The molecule has 43 heavy (non-hydrogen) atoms. The maximum Gasteiger partial charge on any atom is 0.417 e. The van der Waals surface area contributed by atoms with E-state index in [4.69, 9.17) is 9.47 Å². The molecule has 0 saturated carbocycles. The fourth-order valence-corrected chi connectivity index (χ4v) is 5.12. The molecule has 3 rings (SSSR count). The van der Waals surface area contributed by atoms with E-state index in [9.17, 15) is 9.59 Å². The topological polar surface area (TPSA) is 76.7 Å². The average Bonchev–Trinajstić information content (AvgIpc) is 3.00. The first-order valence-corrected chi connectivity index (χ1v) is 16.2. The first-order chi connectivity index (χ1) is 21.0. The normalized spacial score (nSPS) is 10.8. The van der Waals surface area contributed by atoms with Crippen molar-refractivity contribution < 1.29 is 19.1 Å². The van der Waals surface area contributed by atoms with Gasteiger partial charge in [-0.05, 0) is 73.6 Å². The summed E-state index contributed by atoms with van der Waals surface area (Å²) in [4.78, 5) is 25.7. The van der Waals surface area contributed by atoms with Gasteiger partial charge in [-0.15, -0.1) is 0 Å². The summed E-state index contributed by atoms with van der Waals surface area (Å²) in [6.45, 7) is 6.33. The van der Waals surface area contributed by atoms with Crippen LogP contribution in [-0.4, -0.2) is 12.2 Å². The van der Waals surface area contributed by atoms with Crippen LogP contribution in [0.15, 0.2) is 66.7 Å². The van der Waals surface area contributed by atoms with E-state index in [1.807, 2.05) is 61.5 Å². The number of amides is 2. The van der Waals surface area contributed by atoms with Crippen LogP contribution in [0.25, 0.3) is 0 Å². The second-order valence-corrected chi connectivity index (χ2v) is 11.3. The van der Waals surface area contributed by atoms with E-state index in [0.29, 0.717) is 22.9 Å². The Labute approximate surface area is 258 Å². The molecule has 6 nitrogen and oxygen atoms in total. The summed E-state index contributed by atoms with van der Waals surface area (Å²) in [5.74, 6) is 1.14. The maximum atomic E-state index is 12.9. The van der Waals surface area contributed by atoms with Gasteiger partial charge in [0.15, 0.2) is 0 Å². The molecule has 6 heteroatoms. The number of rotatable bonds is 18. The predicted molar refractivity (Wildman–Crippen MR) is 178 cm³/mol. The SMILES string of the molecule is CCCCCCCCc1ccccc1OC(=O)Nc1ccc(C)c(NC(=O)Oc2ccccc2CCCCCCCC)c1. The van der Waals surface area contributed by atoms with Gasteiger partial charge in [0.1, 0.15) is 11.5 Å². The number of carbonyl (C=O) groups excluding carboxylic acids is 2. The molecule has 3 aromatic carbocycles. The van der Waals surface area contributed by atoms with Crippen LogP contribution in [0, 0.1) is 6.92 Å². The van der Waals surface area contributed by atoms with Crippen LogP contribution < -0.4 is 20.1 Å². The molecule has 2 N–H and O–H groups in total. The number of para-hydroxylation sites is 2. The van der Waals surface area contributed by atoms with Gasteiger partial charge in [0, 0.05) is 11.4 Å². The third-order valence-corrected chi connectivity index (χ3v) is 7.67. The zero-order chi connectivity index (χ0) is 30.7. The van der Waals surface area contributed by atoms with Crippen molar-refractivity contribution in [3.8, 4) is 11.5 Å². The minimum atomic E-state index is -0.573. The highest BCUT2D eigenvalue weighted by Crippen LogP contribution is 2.25. The van der Waals surface area contributed by atoms with Crippen molar-refractivity contribution in [1.82, 2.24) is 0 Å². The number of hydrogen-bond donors (Lipinski definition) is 2. The second-order valence-electron chi connectivity index (χ2n) is 11.3. The number of carbonyl (C=O) groups is 2. The van der Waals surface area contributed by atoms with E-state index in [1.165, 1.54) is 64.2 Å². The standard InChI is InChI=1S/C37H50N2O4/c1-4-6-8-10-12-14-20-30-22-16-18-24-34(30)42-36(40)38-32-27-26-29(3)33(28-32)39-37(41)43-35-25-19-17-23-31(35)21-15-13-11-9-7-5-2/h16-19,22-28H,4-15,20-21H2,1-3H3,(H,38,40)(H,39,41). The van der Waals surface area contributed by atoms with E-state index in [-0.39, 0.29) is 0 Å². The second kappa shape index (κ2) is 19.4. The molecule has 0 aromatic heterocycles. The molecule has 3 aromatic rings. The Bertz CT molecular complexity index is 1270. The van der Waals surface area contributed by atoms with Crippen molar-refractivity contribution in [3.63, 3.8) is 0 Å². The van der Waals surface area contributed by atoms with Gasteiger partial charge < -0.3 is 9.47 Å². The molecule has 0 aliphatic rings. The van der Waals surface area contributed by atoms with Crippen LogP contribution in [0.3, 0.4) is 0 Å². The molecule has 232 valence electrons. The Morgan fingerprint density at radius 3 is 1.58 bits per heavy atom. The summed E-state index contributed by atoms with van der Waals surface area (Å²) in [6.07, 6.45) is 15.1. The monoisotopic (exact) mass is 586 g/mol. The first kappa shape index (κ1) is 33.7. The minimum absolute atomic E-state index is 0.516. The lowest BCUT2D eigenvalue weighted by molar-refractivity contribution is 0.214. The molecule has 2 amide bonds. The summed E-state index contributed by atoms with van der Waals surface area (Å²) in [7, 11) is 0. The van der Waals surface area contributed by atoms with Crippen LogP contribution in [0.2, 0.25) is 0 Å². The fraction of sp³-hybridized carbons (Fsp3) is 0.459. The number of unbranched alkanes of at least 4 members (excludes halogenated alkanes) is 10. The van der Waals surface area contributed by atoms with Crippen molar-refractivity contribution in [2.24, 2.45) is 0 Å². The van der Waals surface area contributed by atoms with Crippen molar-refractivity contribution >= 4 is 23.6 Å². The Kier molecular flexibility index (Phi) is 15.2. The maximum absolute atomic E-state index is 12.9. The fourth-order valence-electron chi connectivity index (χ4n) is 5.12. The largest absolute Gasteiger partial charge is 0.417 e. The molecular formula is C37H50N2O4. The lowest BCUT2D eigenvalue weighted by Crippen LogP contribution is -2.19. The van der Waals surface area contributed by atoms with Gasteiger partial charge in [0.05, 0.1) is 0 Å². The van der Waals surface area contributed by atoms with Crippen LogP contribution in [0.1, 0.15) is 108 Å². The van der Waals surface area contributed by atoms with Crippen molar-refractivity contribution in [1.29, 1.82) is 0 Å². The molecule has 0 aliphatic heterocycles. The average molecular weight is 587 g/mol. The molecule has 0 atom stereocenters. The summed E-state index contributed by atoms with van der Waals surface area (Å²) in [5, 5.41) is 5.63. The summed E-state index contributed by atoms with van der Waals surface area (Å²) in [5.41, 5.74) is 3.97. The summed E-state index contributed by atoms with van der Waals surface area (Å²) in [6, 6.07) is 20.7. The summed E-state index contributed by atoms with van der Waals surface area (Å²) >= 11 is 0. The predicted octanol–water partition coefficient (Wildman–Crippen LogP) is 11.0. The summed E-state index contributed by atoms with van der Waals surface area (Å²) < 4.78 is 11.4. The minimum Gasteiger partial charge on any atom is -0.410 e. The van der Waals surface area contributed by atoms with Crippen LogP contribution in [-0.2, 0) is 12.8 Å². The molecule has 0 fully saturated rings. The van der Waals surface area contributed by atoms with Crippen molar-refractivity contribution in [3.05, 3.63) is 83.4 Å². The van der Waals surface area contributed by atoms with Crippen molar-refractivity contribution in [2.75, 3.05) is 10.6 Å². The van der Waals surface area contributed by atoms with Gasteiger partial charge in [0.25, 0.3) is 0 Å². The molecular weight excluding hydrogens is 536 g/mol. The quantitative estimate of drug-likeness (QED) is 0.145. The van der Waals surface area contributed by atoms with E-state index in [1.54, 1.807) is 12.1 Å². The van der Waals surface area contributed by atoms with E-state index in [0.717, 1.165) is 42.4 Å². The zero-order valence-corrected chi connectivity index (χ0v) is 26.4. The van der Waals surface area contributed by atoms with E-state index < -0.39 is 12.2 Å². The van der Waals surface area contributed by atoms with Gasteiger partial charge in [0.2, 0.25) is 0 Å². The third-order valence-electron chi connectivity index (χ3n) is 7.67. The Hall–Kier alpha value is -3.80. The third kappa shape index (κ3) is 12.5. The molecule has 0 aliphatic carbocycles. The van der Waals surface area contributed by atoms with E-state index >= 15 is 0 Å². The number of anilines is 2. The Morgan fingerprint density at radius 2 is 1.05 bits per heavy atom. The lowest BCUT2D eigenvalue weighted by Gasteiger charge is -2.14. The van der Waals surface area contributed by atoms with Gasteiger partial charge in [-0.25, -0.2) is 9.59 Å². The van der Waals surface area contributed by atoms with E-state index in [2.05, 4.69) is 24.5 Å². The number of hydrogen-bond acceptors (Lipinski definition) is 4. The smallest absolute Gasteiger partial charge is 0.410 e.